The van der Waals surface area contributed by atoms with Gasteiger partial charge in [0.2, 0.25) is 23.7 Å². The molecule has 27 heteroatoms. The second kappa shape index (κ2) is 26.2. The normalized spacial score (nSPS) is 14.9. The number of carboxylic acids is 1. The number of aromatic amines is 1. The van der Waals surface area contributed by atoms with E-state index in [4.69, 9.17) is 21.0 Å². The van der Waals surface area contributed by atoms with Crippen molar-refractivity contribution >= 4 is 80.1 Å². The number of benzene rings is 1. The van der Waals surface area contributed by atoms with Gasteiger partial charge in [0.15, 0.2) is 16.7 Å². The highest BCUT2D eigenvalue weighted by molar-refractivity contribution is 8.76. The van der Waals surface area contributed by atoms with Gasteiger partial charge in [-0.3, -0.25) is 30.0 Å². The molecule has 5 amide bonds. The first-order chi connectivity index (χ1) is 30.7. The molecule has 3 rings (SSSR count). The summed E-state index contributed by atoms with van der Waals surface area (Å²) in [6.07, 6.45) is -6.96. The van der Waals surface area contributed by atoms with Gasteiger partial charge in [-0.15, -0.1) is 0 Å². The smallest absolute Gasteiger partial charge is 0.426 e. The van der Waals surface area contributed by atoms with Crippen molar-refractivity contribution in [2.45, 2.75) is 89.0 Å². The van der Waals surface area contributed by atoms with Crippen LogP contribution in [0.3, 0.4) is 0 Å². The average molecular weight is 953 g/mol. The number of aliphatic hydroxyl groups is 5. The number of amides is 5. The van der Waals surface area contributed by atoms with Gasteiger partial charge in [0.05, 0.1) is 31.1 Å². The summed E-state index contributed by atoms with van der Waals surface area (Å²) in [5.41, 5.74) is 9.67. The van der Waals surface area contributed by atoms with Crippen LogP contribution < -0.4 is 43.3 Å². The minimum absolute atomic E-state index is 0.0275. The number of H-pyrrole nitrogens is 1. The predicted molar refractivity (Wildman–Crippen MR) is 236 cm³/mol. The molecule has 1 unspecified atom stereocenters. The summed E-state index contributed by atoms with van der Waals surface area (Å²) < 4.78 is 5.03. The molecule has 0 spiro atoms. The van der Waals surface area contributed by atoms with Crippen molar-refractivity contribution in [3.05, 3.63) is 47.2 Å². The molecule has 0 aliphatic heterocycles. The summed E-state index contributed by atoms with van der Waals surface area (Å²) >= 11 is 0. The molecule has 0 fully saturated rings. The minimum Gasteiger partial charge on any atom is -0.480 e. The highest BCUT2D eigenvalue weighted by Crippen LogP contribution is 2.22. The van der Waals surface area contributed by atoms with E-state index in [9.17, 15) is 54.3 Å². The molecular weight excluding hydrogens is 897 g/mol. The number of anilines is 2. The summed E-state index contributed by atoms with van der Waals surface area (Å²) in [5, 5.41) is 76.3. The third kappa shape index (κ3) is 17.9. The maximum Gasteiger partial charge on any atom is 0.426 e. The van der Waals surface area contributed by atoms with Crippen molar-refractivity contribution in [3.8, 4) is 0 Å². The molecule has 7 atom stereocenters. The lowest BCUT2D eigenvalue weighted by Gasteiger charge is -2.26. The number of nitrogens with two attached hydrogens (primary N) is 1. The van der Waals surface area contributed by atoms with Crippen LogP contribution in [0.25, 0.3) is 11.2 Å². The first-order valence-corrected chi connectivity index (χ1v) is 22.5. The van der Waals surface area contributed by atoms with Gasteiger partial charge >= 0.3 is 12.1 Å². The Labute approximate surface area is 379 Å². The zero-order valence-electron chi connectivity index (χ0n) is 35.7. The van der Waals surface area contributed by atoms with Crippen molar-refractivity contribution in [3.63, 3.8) is 0 Å². The topological polar surface area (TPSA) is 410 Å². The Morgan fingerprint density at radius 1 is 0.954 bits per heavy atom. The molecule has 0 aliphatic rings. The lowest BCUT2D eigenvalue weighted by atomic mass is 9.95. The maximum atomic E-state index is 13.0. The van der Waals surface area contributed by atoms with Gasteiger partial charge in [-0.2, -0.15) is 4.98 Å². The van der Waals surface area contributed by atoms with E-state index in [1.807, 2.05) is 0 Å². The number of nitrogen functional groups attached to an aromatic ring is 1. The first kappa shape index (κ1) is 53.5. The number of aromatic nitrogens is 4. The van der Waals surface area contributed by atoms with Crippen molar-refractivity contribution in [1.29, 1.82) is 5.41 Å². The molecule has 1 aromatic carbocycles. The van der Waals surface area contributed by atoms with E-state index < -0.39 is 78.8 Å². The summed E-state index contributed by atoms with van der Waals surface area (Å²) in [5.74, 6) is -3.25. The molecule has 0 saturated carbocycles. The quantitative estimate of drug-likeness (QED) is 0.0235. The third-order valence-corrected chi connectivity index (χ3v) is 12.0. The minimum atomic E-state index is -1.85. The van der Waals surface area contributed by atoms with E-state index in [-0.39, 0.29) is 78.9 Å². The molecule has 2 heterocycles. The number of fused-ring (bicyclic) bond motifs is 1. The summed E-state index contributed by atoms with van der Waals surface area (Å²) in [6.45, 7) is 3.62. The van der Waals surface area contributed by atoms with E-state index in [0.29, 0.717) is 22.9 Å². The number of aliphatic carboxylic acids is 1. The van der Waals surface area contributed by atoms with Crippen molar-refractivity contribution in [1.82, 2.24) is 46.7 Å². The number of carbonyl (C=O) groups excluding carboxylic acids is 5. The number of nitrogens with one attached hydrogen (secondary N) is 8. The Morgan fingerprint density at radius 3 is 2.32 bits per heavy atom. The number of hydrogen-bond acceptors (Lipinski definition) is 20. The fraction of sp³-hybridized carbons (Fsp3) is 0.526. The number of carbonyl (C=O) groups is 6. The summed E-state index contributed by atoms with van der Waals surface area (Å²) in [7, 11) is 2.77. The number of hydrogen-bond donors (Lipinski definition) is 15. The molecule has 2 aromatic heterocycles. The number of rotatable bonds is 26. The van der Waals surface area contributed by atoms with Crippen LogP contribution in [0.5, 0.6) is 0 Å². The van der Waals surface area contributed by atoms with Crippen LogP contribution in [0.4, 0.5) is 16.4 Å². The third-order valence-electron chi connectivity index (χ3n) is 9.43. The second-order valence-corrected chi connectivity index (χ2v) is 17.5. The highest BCUT2D eigenvalue weighted by atomic mass is 33.1. The number of aliphatic hydroxyl groups excluding tert-OH is 5. The SMILES string of the molecule is C[C@H](CSSCCOC(=O)NNC(=O)CCC(C)(NC(=O)c1ccc(NCc2cnc3nc(N)[nH]c(=N)c3n2)cc1)C(=O)O)NC(=O)[C@@H](C)CCC(=O)NC[C@H](O)[C@@H](O)[C@H](O)[C@H](O)CO. The van der Waals surface area contributed by atoms with Crippen LogP contribution in [0.2, 0.25) is 0 Å². The Morgan fingerprint density at radius 2 is 1.65 bits per heavy atom. The number of ether oxygens (including phenoxy) is 1. The number of carboxylic acid groups (broad SMARTS) is 1. The van der Waals surface area contributed by atoms with Crippen LogP contribution in [0, 0.1) is 11.3 Å². The van der Waals surface area contributed by atoms with Gasteiger partial charge in [-0.1, -0.05) is 28.5 Å². The monoisotopic (exact) mass is 952 g/mol. The summed E-state index contributed by atoms with van der Waals surface area (Å²) in [4.78, 5) is 89.5. The van der Waals surface area contributed by atoms with E-state index in [1.54, 1.807) is 26.0 Å². The van der Waals surface area contributed by atoms with Gasteiger partial charge in [0, 0.05) is 54.1 Å². The van der Waals surface area contributed by atoms with Crippen molar-refractivity contribution in [2.24, 2.45) is 5.92 Å². The van der Waals surface area contributed by atoms with Gasteiger partial charge in [0.25, 0.3) is 5.91 Å². The Balaban J connectivity index is 1.27. The largest absolute Gasteiger partial charge is 0.480 e. The molecule has 65 heavy (non-hydrogen) atoms. The number of hydrazine groups is 1. The van der Waals surface area contributed by atoms with Crippen LogP contribution in [0.1, 0.15) is 62.5 Å². The van der Waals surface area contributed by atoms with Crippen molar-refractivity contribution in [2.75, 3.05) is 42.3 Å². The zero-order valence-corrected chi connectivity index (χ0v) is 37.3. The van der Waals surface area contributed by atoms with Crippen LogP contribution >= 0.6 is 21.6 Å². The Kier molecular flexibility index (Phi) is 21.6. The van der Waals surface area contributed by atoms with Gasteiger partial charge in [0.1, 0.15) is 30.5 Å². The lowest BCUT2D eigenvalue weighted by Crippen LogP contribution is -2.53. The second-order valence-electron chi connectivity index (χ2n) is 14.9. The lowest BCUT2D eigenvalue weighted by molar-refractivity contribution is -0.144. The van der Waals surface area contributed by atoms with E-state index in [1.165, 1.54) is 46.8 Å². The molecule has 0 bridgehead atoms. The molecule has 16 N–H and O–H groups in total. The molecule has 0 saturated heterocycles. The zero-order chi connectivity index (χ0) is 48.3. The Hall–Kier alpha value is -5.84. The van der Waals surface area contributed by atoms with Crippen LogP contribution in [0.15, 0.2) is 30.5 Å². The van der Waals surface area contributed by atoms with Gasteiger partial charge < -0.3 is 67.4 Å². The predicted octanol–water partition coefficient (Wildman–Crippen LogP) is -2.01. The van der Waals surface area contributed by atoms with Gasteiger partial charge in [-0.25, -0.2) is 25.0 Å². The Bertz CT molecular complexity index is 2160. The molecule has 3 aromatic rings. The molecule has 0 aliphatic carbocycles. The van der Waals surface area contributed by atoms with E-state index in [0.717, 1.165) is 0 Å². The van der Waals surface area contributed by atoms with E-state index in [2.05, 4.69) is 52.1 Å². The van der Waals surface area contributed by atoms with Crippen LogP contribution in [-0.2, 0) is 30.5 Å². The highest BCUT2D eigenvalue weighted by Gasteiger charge is 2.36. The molecular formula is C38H56N12O13S2. The molecule has 358 valence electrons. The molecule has 0 radical (unpaired) electrons. The standard InChI is InChI=1S/C38H56N12O13S2/c1-19(4-9-26(54)42-16-24(52)29(56)30(57)25(53)17-51)33(58)44-20(2)18-65-64-13-12-63-37(62)50-49-27(55)10-11-38(3,35(60)61)48-34(59)21-5-7-22(8-6-21)41-14-23-15-43-32-28(45-23)31(39)46-36(40)47-32/h5-8,15,19-20,24-25,29-30,41,51-53,56-57H,4,9-14,16-18H2,1-3H3,(H,42,54)(H,44,58)(H,48,59)(H,49,55)(H,50,62)(H,60,61)(H4,39,40,43,46,47)/t19-,20+,24-,25+,29+,30+,38?/m0/s1. The van der Waals surface area contributed by atoms with E-state index >= 15 is 0 Å². The van der Waals surface area contributed by atoms with Crippen LogP contribution in [-0.4, -0.2) is 154 Å². The average Bonchev–Trinajstić information content (AvgIpc) is 3.28. The fourth-order valence-corrected chi connectivity index (χ4v) is 7.53. The van der Waals surface area contributed by atoms with Gasteiger partial charge in [-0.05, 0) is 51.0 Å². The van der Waals surface area contributed by atoms with Crippen molar-refractivity contribution < 1.29 is 64.1 Å². The number of nitrogens with zero attached hydrogens (tertiary/aromatic N) is 3. The summed E-state index contributed by atoms with van der Waals surface area (Å²) in [6, 6.07) is 5.91. The fourth-order valence-electron chi connectivity index (χ4n) is 5.42. The maximum absolute atomic E-state index is 13.0. The molecule has 25 nitrogen and oxygen atoms in total. The first-order valence-electron chi connectivity index (χ1n) is 20.0.